The summed E-state index contributed by atoms with van der Waals surface area (Å²) in [5.74, 6) is 0.205. The van der Waals surface area contributed by atoms with E-state index in [0.29, 0.717) is 17.9 Å². The van der Waals surface area contributed by atoms with Crippen LogP contribution in [0.2, 0.25) is 5.02 Å². The van der Waals surface area contributed by atoms with Gasteiger partial charge < -0.3 is 5.11 Å². The van der Waals surface area contributed by atoms with Gasteiger partial charge in [-0.3, -0.25) is 25.0 Å². The highest BCUT2D eigenvalue weighted by Gasteiger charge is 2.20. The van der Waals surface area contributed by atoms with Crippen LogP contribution >= 0.6 is 11.6 Å². The minimum absolute atomic E-state index is 0.0149. The Morgan fingerprint density at radius 1 is 1.24 bits per heavy atom. The summed E-state index contributed by atoms with van der Waals surface area (Å²) < 4.78 is 0. The maximum atomic E-state index is 12.9. The number of piperazine rings is 1. The van der Waals surface area contributed by atoms with Gasteiger partial charge in [-0.1, -0.05) is 37.6 Å². The fourth-order valence-corrected chi connectivity index (χ4v) is 3.86. The molecule has 2 N–H and O–H groups in total. The summed E-state index contributed by atoms with van der Waals surface area (Å²) in [6.07, 6.45) is 1.36. The van der Waals surface area contributed by atoms with Gasteiger partial charge in [0.2, 0.25) is 5.82 Å². The molecule has 2 heterocycles. The highest BCUT2D eigenvalue weighted by molar-refractivity contribution is 6.32. The standard InChI is InChI=1S/C23H30ClN7O2/c1-17(2)15-31(22-20(24)14-26-21(13-25)27-22)28-23(33)19-5-3-18(4-6-19)16-30-9-7-29(8-10-30)11-12-32/h3-6,14,17,32H,7-12,15-16H2,1-2H3,(H,28,33). The monoisotopic (exact) mass is 471 g/mol. The first-order valence-corrected chi connectivity index (χ1v) is 11.4. The van der Waals surface area contributed by atoms with E-state index in [0.717, 1.165) is 44.8 Å². The molecule has 0 unspecified atom stereocenters. The summed E-state index contributed by atoms with van der Waals surface area (Å²) in [6.45, 7) is 10.0. The second kappa shape index (κ2) is 11.9. The maximum Gasteiger partial charge on any atom is 0.269 e. The molecule has 1 fully saturated rings. The van der Waals surface area contributed by atoms with Crippen LogP contribution in [0.4, 0.5) is 5.82 Å². The average molecular weight is 472 g/mol. The molecule has 3 rings (SSSR count). The number of nitriles is 1. The molecule has 1 aromatic heterocycles. The van der Waals surface area contributed by atoms with Gasteiger partial charge in [-0.2, -0.15) is 10.2 Å². The van der Waals surface area contributed by atoms with Gasteiger partial charge in [0.1, 0.15) is 11.1 Å². The van der Waals surface area contributed by atoms with Gasteiger partial charge in [-0.05, 0) is 23.6 Å². The van der Waals surface area contributed by atoms with Crippen molar-refractivity contribution in [3.8, 4) is 6.07 Å². The van der Waals surface area contributed by atoms with Crippen LogP contribution in [0, 0.1) is 17.2 Å². The Bertz CT molecular complexity index is 970. The molecule has 2 aromatic rings. The molecular formula is C23H30ClN7O2. The van der Waals surface area contributed by atoms with Crippen molar-refractivity contribution in [1.29, 1.82) is 5.26 Å². The fraction of sp³-hybridized carbons (Fsp3) is 0.478. The zero-order valence-electron chi connectivity index (χ0n) is 19.0. The number of aliphatic hydroxyl groups is 1. The van der Waals surface area contributed by atoms with Gasteiger partial charge >= 0.3 is 0 Å². The third-order valence-electron chi connectivity index (χ3n) is 5.37. The summed E-state index contributed by atoms with van der Waals surface area (Å²) in [5.41, 5.74) is 4.52. The van der Waals surface area contributed by atoms with E-state index in [-0.39, 0.29) is 29.3 Å². The van der Waals surface area contributed by atoms with Crippen molar-refractivity contribution < 1.29 is 9.90 Å². The number of β-amino-alcohol motifs (C(OH)–C–C–N with tert-alkyl or cyclic N) is 1. The Balaban J connectivity index is 1.64. The zero-order chi connectivity index (χ0) is 23.8. The van der Waals surface area contributed by atoms with Gasteiger partial charge in [0.05, 0.1) is 12.8 Å². The topological polar surface area (TPSA) is 109 Å². The molecule has 0 saturated carbocycles. The highest BCUT2D eigenvalue weighted by atomic mass is 35.5. The lowest BCUT2D eigenvalue weighted by Crippen LogP contribution is -2.46. The van der Waals surface area contributed by atoms with Gasteiger partial charge in [0, 0.05) is 51.4 Å². The predicted octanol–water partition coefficient (Wildman–Crippen LogP) is 1.92. The minimum atomic E-state index is -0.284. The molecule has 0 atom stereocenters. The Kier molecular flexibility index (Phi) is 8.97. The van der Waals surface area contributed by atoms with Crippen LogP contribution in [0.15, 0.2) is 30.5 Å². The van der Waals surface area contributed by atoms with E-state index < -0.39 is 0 Å². The first kappa shape index (κ1) is 24.9. The number of hydrogen-bond donors (Lipinski definition) is 2. The third kappa shape index (κ3) is 7.11. The largest absolute Gasteiger partial charge is 0.395 e. The van der Waals surface area contributed by atoms with Crippen molar-refractivity contribution in [1.82, 2.24) is 25.2 Å². The molecule has 1 saturated heterocycles. The molecule has 0 radical (unpaired) electrons. The number of nitrogens with zero attached hydrogens (tertiary/aromatic N) is 6. The first-order valence-electron chi connectivity index (χ1n) is 11.0. The number of rotatable bonds is 9. The number of hydrazine groups is 1. The van der Waals surface area contributed by atoms with Crippen LogP contribution < -0.4 is 10.4 Å². The zero-order valence-corrected chi connectivity index (χ0v) is 19.8. The molecular weight excluding hydrogens is 442 g/mol. The number of benzene rings is 1. The van der Waals surface area contributed by atoms with Crippen LogP contribution in [0.3, 0.4) is 0 Å². The molecule has 1 aromatic carbocycles. The molecule has 9 nitrogen and oxygen atoms in total. The Hall–Kier alpha value is -2.77. The van der Waals surface area contributed by atoms with E-state index in [4.69, 9.17) is 22.0 Å². The van der Waals surface area contributed by atoms with E-state index in [1.807, 2.05) is 44.2 Å². The quantitative estimate of drug-likeness (QED) is 0.534. The smallest absolute Gasteiger partial charge is 0.269 e. The molecule has 176 valence electrons. The Labute approximate surface area is 199 Å². The molecule has 1 amide bonds. The van der Waals surface area contributed by atoms with Crippen LogP contribution in [-0.4, -0.2) is 76.7 Å². The lowest BCUT2D eigenvalue weighted by atomic mass is 10.1. The summed E-state index contributed by atoms with van der Waals surface area (Å²) in [6, 6.07) is 9.45. The van der Waals surface area contributed by atoms with E-state index in [1.165, 1.54) is 6.20 Å². The Morgan fingerprint density at radius 3 is 2.52 bits per heavy atom. The van der Waals surface area contributed by atoms with Crippen LogP contribution in [0.1, 0.15) is 35.6 Å². The number of amides is 1. The summed E-state index contributed by atoms with van der Waals surface area (Å²) in [7, 11) is 0. The van der Waals surface area contributed by atoms with Crippen molar-refractivity contribution in [3.05, 3.63) is 52.4 Å². The Morgan fingerprint density at radius 2 is 1.91 bits per heavy atom. The molecule has 33 heavy (non-hydrogen) atoms. The minimum Gasteiger partial charge on any atom is -0.395 e. The third-order valence-corrected chi connectivity index (χ3v) is 5.64. The number of nitrogens with one attached hydrogen (secondary N) is 1. The van der Waals surface area contributed by atoms with Gasteiger partial charge in [0.15, 0.2) is 5.82 Å². The average Bonchev–Trinajstić information content (AvgIpc) is 2.80. The lowest BCUT2D eigenvalue weighted by Gasteiger charge is -2.34. The number of carbonyl (C=O) groups is 1. The lowest BCUT2D eigenvalue weighted by molar-refractivity contribution is 0.0947. The first-order chi connectivity index (χ1) is 15.9. The van der Waals surface area contributed by atoms with Gasteiger partial charge in [-0.25, -0.2) is 4.98 Å². The number of hydrogen-bond acceptors (Lipinski definition) is 8. The summed E-state index contributed by atoms with van der Waals surface area (Å²) in [5, 5.41) is 20.0. The number of aliphatic hydroxyl groups excluding tert-OH is 1. The van der Waals surface area contributed by atoms with Crippen LogP contribution in [0.25, 0.3) is 0 Å². The number of carbonyl (C=O) groups excluding carboxylic acids is 1. The van der Waals surface area contributed by atoms with Crippen molar-refractivity contribution in [2.45, 2.75) is 20.4 Å². The van der Waals surface area contributed by atoms with Gasteiger partial charge in [-0.15, -0.1) is 0 Å². The summed E-state index contributed by atoms with van der Waals surface area (Å²) in [4.78, 5) is 25.6. The molecule has 0 bridgehead atoms. The number of aromatic nitrogens is 2. The maximum absolute atomic E-state index is 12.9. The molecule has 0 aliphatic carbocycles. The number of anilines is 1. The number of halogens is 1. The molecule has 10 heteroatoms. The van der Waals surface area contributed by atoms with Crippen molar-refractivity contribution >= 4 is 23.3 Å². The molecule has 1 aliphatic heterocycles. The highest BCUT2D eigenvalue weighted by Crippen LogP contribution is 2.22. The normalized spacial score (nSPS) is 14.8. The second-order valence-corrected chi connectivity index (χ2v) is 8.87. The van der Waals surface area contributed by atoms with Crippen molar-refractivity contribution in [2.24, 2.45) is 5.92 Å². The van der Waals surface area contributed by atoms with Crippen LogP contribution in [-0.2, 0) is 6.54 Å². The second-order valence-electron chi connectivity index (χ2n) is 8.46. The predicted molar refractivity (Wildman–Crippen MR) is 127 cm³/mol. The van der Waals surface area contributed by atoms with Crippen molar-refractivity contribution in [2.75, 3.05) is 50.9 Å². The molecule has 0 spiro atoms. The van der Waals surface area contributed by atoms with E-state index in [1.54, 1.807) is 5.01 Å². The van der Waals surface area contributed by atoms with Crippen molar-refractivity contribution in [3.63, 3.8) is 0 Å². The summed E-state index contributed by atoms with van der Waals surface area (Å²) >= 11 is 6.25. The van der Waals surface area contributed by atoms with Gasteiger partial charge in [0.25, 0.3) is 5.91 Å². The van der Waals surface area contributed by atoms with E-state index >= 15 is 0 Å². The van der Waals surface area contributed by atoms with Crippen LogP contribution in [0.5, 0.6) is 0 Å². The van der Waals surface area contributed by atoms with E-state index in [9.17, 15) is 4.79 Å². The fourth-order valence-electron chi connectivity index (χ4n) is 3.67. The SMILES string of the molecule is CC(C)CN(NC(=O)c1ccc(CN2CCN(CCO)CC2)cc1)c1nc(C#N)ncc1Cl. The molecule has 1 aliphatic rings. The van der Waals surface area contributed by atoms with E-state index in [2.05, 4.69) is 25.2 Å².